The lowest BCUT2D eigenvalue weighted by molar-refractivity contribution is 0.607. The normalized spacial score (nSPS) is 11.7. The minimum atomic E-state index is -3.37. The van der Waals surface area contributed by atoms with E-state index in [1.165, 1.54) is 12.1 Å². The predicted octanol–water partition coefficient (Wildman–Crippen LogP) is 4.65. The van der Waals surface area contributed by atoms with Gasteiger partial charge in [0.25, 0.3) is 0 Å². The number of nitrogens with one attached hydrogen (secondary N) is 2. The number of pyridine rings is 1. The molecule has 0 aliphatic rings. The van der Waals surface area contributed by atoms with E-state index in [1.54, 1.807) is 47.4 Å². The number of H-pyrrole nitrogens is 1. The fraction of sp³-hybridized carbons (Fsp3) is 0.0833. The summed E-state index contributed by atoms with van der Waals surface area (Å²) in [5, 5.41) is 5.37. The molecule has 2 N–H and O–H groups in total. The zero-order chi connectivity index (χ0) is 23.0. The van der Waals surface area contributed by atoms with Gasteiger partial charge in [-0.2, -0.15) is 5.10 Å². The molecule has 0 fully saturated rings. The maximum absolute atomic E-state index is 13.2. The van der Waals surface area contributed by atoms with Crippen LogP contribution in [0.1, 0.15) is 5.56 Å². The van der Waals surface area contributed by atoms with Crippen LogP contribution in [0.2, 0.25) is 0 Å². The maximum atomic E-state index is 13.2. The van der Waals surface area contributed by atoms with E-state index in [2.05, 4.69) is 19.8 Å². The van der Waals surface area contributed by atoms with Crippen LogP contribution in [-0.2, 0) is 16.6 Å². The van der Waals surface area contributed by atoms with Gasteiger partial charge in [0.05, 0.1) is 19.0 Å². The third-order valence-corrected chi connectivity index (χ3v) is 5.84. The van der Waals surface area contributed by atoms with Crippen LogP contribution in [0.4, 0.5) is 10.1 Å². The molecule has 166 valence electrons. The van der Waals surface area contributed by atoms with Gasteiger partial charge in [-0.15, -0.1) is 0 Å². The second-order valence-electron chi connectivity index (χ2n) is 7.83. The van der Waals surface area contributed by atoms with Gasteiger partial charge in [-0.1, -0.05) is 24.3 Å². The highest BCUT2D eigenvalue weighted by Gasteiger charge is 2.12. The summed E-state index contributed by atoms with van der Waals surface area (Å²) < 4.78 is 40.6. The monoisotopic (exact) mass is 461 g/mol. The fourth-order valence-electron chi connectivity index (χ4n) is 3.74. The molecule has 3 heterocycles. The van der Waals surface area contributed by atoms with Gasteiger partial charge in [-0.05, 0) is 41.5 Å². The van der Waals surface area contributed by atoms with Crippen molar-refractivity contribution < 1.29 is 12.8 Å². The molecule has 9 heteroatoms. The highest BCUT2D eigenvalue weighted by Crippen LogP contribution is 2.31. The zero-order valence-electron chi connectivity index (χ0n) is 17.7. The minimum absolute atomic E-state index is 0.264. The third kappa shape index (κ3) is 4.63. The van der Waals surface area contributed by atoms with E-state index in [-0.39, 0.29) is 5.82 Å². The number of sulfonamides is 1. The molecule has 0 bridgehead atoms. The Kier molecular flexibility index (Phi) is 5.18. The first-order valence-corrected chi connectivity index (χ1v) is 12.1. The van der Waals surface area contributed by atoms with Crippen molar-refractivity contribution in [2.24, 2.45) is 0 Å². The van der Waals surface area contributed by atoms with Crippen LogP contribution in [0.3, 0.4) is 0 Å². The Morgan fingerprint density at radius 2 is 1.85 bits per heavy atom. The largest absolute Gasteiger partial charge is 0.346 e. The molecule has 0 aliphatic heterocycles. The van der Waals surface area contributed by atoms with Crippen molar-refractivity contribution in [3.63, 3.8) is 0 Å². The van der Waals surface area contributed by atoms with Crippen LogP contribution in [0.5, 0.6) is 0 Å². The Labute approximate surface area is 190 Å². The van der Waals surface area contributed by atoms with E-state index < -0.39 is 10.0 Å². The van der Waals surface area contributed by atoms with Crippen LogP contribution >= 0.6 is 0 Å². The number of rotatable bonds is 6. The highest BCUT2D eigenvalue weighted by atomic mass is 32.2. The fourth-order valence-corrected chi connectivity index (χ4v) is 4.30. The Balaban J connectivity index is 1.47. The van der Waals surface area contributed by atoms with Crippen LogP contribution in [0, 0.1) is 5.82 Å². The third-order valence-electron chi connectivity index (χ3n) is 5.23. The number of fused-ring (bicyclic) bond motifs is 1. The van der Waals surface area contributed by atoms with E-state index in [0.717, 1.165) is 45.1 Å². The van der Waals surface area contributed by atoms with Crippen LogP contribution in [0.15, 0.2) is 79.4 Å². The molecule has 0 saturated carbocycles. The molecule has 0 saturated heterocycles. The average Bonchev–Trinajstić information content (AvgIpc) is 3.40. The topological polar surface area (TPSA) is 92.7 Å². The van der Waals surface area contributed by atoms with Crippen molar-refractivity contribution in [1.29, 1.82) is 0 Å². The lowest BCUT2D eigenvalue weighted by Crippen LogP contribution is -2.09. The first-order chi connectivity index (χ1) is 15.8. The number of nitrogens with zero attached hydrogens (tertiary/aromatic N) is 3. The molecule has 3 aromatic heterocycles. The molecule has 5 rings (SSSR count). The molecule has 7 nitrogen and oxygen atoms in total. The minimum Gasteiger partial charge on any atom is -0.346 e. The standard InChI is InChI=1S/C24H20FN5O2S/c1-33(31,32)29-21-4-2-3-17(9-21)18-10-22-23(13-27-24(22)26-11-18)19-12-28-30(15-19)14-16-5-7-20(25)8-6-16/h2-13,15,29H,14H2,1H3,(H,26,27). The second kappa shape index (κ2) is 8.18. The molecular weight excluding hydrogens is 441 g/mol. The van der Waals surface area contributed by atoms with Crippen molar-refractivity contribution in [2.75, 3.05) is 11.0 Å². The summed E-state index contributed by atoms with van der Waals surface area (Å²) in [7, 11) is -3.37. The van der Waals surface area contributed by atoms with Gasteiger partial charge in [0.1, 0.15) is 11.5 Å². The Bertz CT molecular complexity index is 1560. The summed E-state index contributed by atoms with van der Waals surface area (Å²) in [6.45, 7) is 0.534. The Hall–Kier alpha value is -3.98. The molecule has 0 radical (unpaired) electrons. The molecule has 0 aliphatic carbocycles. The summed E-state index contributed by atoms with van der Waals surface area (Å²) in [5.74, 6) is -0.264. The van der Waals surface area contributed by atoms with Gasteiger partial charge in [0.2, 0.25) is 10.0 Å². The number of hydrogen-bond donors (Lipinski definition) is 2. The molecular formula is C24H20FN5O2S. The van der Waals surface area contributed by atoms with Crippen LogP contribution in [-0.4, -0.2) is 34.4 Å². The van der Waals surface area contributed by atoms with Crippen molar-refractivity contribution in [2.45, 2.75) is 6.54 Å². The SMILES string of the molecule is CS(=O)(=O)Nc1cccc(-c2cnc3[nH]cc(-c4cnn(Cc5ccc(F)cc5)c4)c3c2)c1. The molecule has 0 atom stereocenters. The van der Waals surface area contributed by atoms with Gasteiger partial charge >= 0.3 is 0 Å². The van der Waals surface area contributed by atoms with Gasteiger partial charge in [-0.3, -0.25) is 9.40 Å². The van der Waals surface area contributed by atoms with E-state index >= 15 is 0 Å². The number of anilines is 1. The first kappa shape index (κ1) is 20.9. The molecule has 0 spiro atoms. The van der Waals surface area contributed by atoms with Gasteiger partial charge in [0, 0.05) is 46.4 Å². The summed E-state index contributed by atoms with van der Waals surface area (Å²) in [6.07, 6.45) is 8.49. The smallest absolute Gasteiger partial charge is 0.229 e. The predicted molar refractivity (Wildman–Crippen MR) is 127 cm³/mol. The molecule has 0 unspecified atom stereocenters. The zero-order valence-corrected chi connectivity index (χ0v) is 18.5. The maximum Gasteiger partial charge on any atom is 0.229 e. The van der Waals surface area contributed by atoms with E-state index in [9.17, 15) is 12.8 Å². The lowest BCUT2D eigenvalue weighted by Gasteiger charge is -2.07. The van der Waals surface area contributed by atoms with Crippen molar-refractivity contribution >= 4 is 26.7 Å². The highest BCUT2D eigenvalue weighted by molar-refractivity contribution is 7.92. The van der Waals surface area contributed by atoms with Crippen LogP contribution in [0.25, 0.3) is 33.3 Å². The number of aromatic amines is 1. The van der Waals surface area contributed by atoms with E-state index in [0.29, 0.717) is 12.2 Å². The van der Waals surface area contributed by atoms with E-state index in [1.807, 2.05) is 24.5 Å². The van der Waals surface area contributed by atoms with Crippen molar-refractivity contribution in [3.05, 3.63) is 90.8 Å². The van der Waals surface area contributed by atoms with Gasteiger partial charge < -0.3 is 4.98 Å². The van der Waals surface area contributed by atoms with Crippen molar-refractivity contribution in [1.82, 2.24) is 19.7 Å². The summed E-state index contributed by atoms with van der Waals surface area (Å²) in [6, 6.07) is 15.6. The number of benzene rings is 2. The molecule has 0 amide bonds. The first-order valence-electron chi connectivity index (χ1n) is 10.2. The van der Waals surface area contributed by atoms with Gasteiger partial charge in [0.15, 0.2) is 0 Å². The quantitative estimate of drug-likeness (QED) is 0.385. The second-order valence-corrected chi connectivity index (χ2v) is 9.58. The summed E-state index contributed by atoms with van der Waals surface area (Å²) >= 11 is 0. The lowest BCUT2D eigenvalue weighted by atomic mass is 10.0. The van der Waals surface area contributed by atoms with E-state index in [4.69, 9.17) is 0 Å². The summed E-state index contributed by atoms with van der Waals surface area (Å²) in [4.78, 5) is 7.73. The number of aromatic nitrogens is 4. The van der Waals surface area contributed by atoms with Crippen molar-refractivity contribution in [3.8, 4) is 22.3 Å². The number of halogens is 1. The van der Waals surface area contributed by atoms with Gasteiger partial charge in [-0.25, -0.2) is 17.8 Å². The van der Waals surface area contributed by atoms with Crippen LogP contribution < -0.4 is 4.72 Å². The molecule has 33 heavy (non-hydrogen) atoms. The average molecular weight is 462 g/mol. The Morgan fingerprint density at radius 3 is 2.64 bits per heavy atom. The number of hydrogen-bond acceptors (Lipinski definition) is 4. The molecule has 2 aromatic carbocycles. The summed E-state index contributed by atoms with van der Waals surface area (Å²) in [5.41, 5.74) is 5.77. The molecule has 5 aromatic rings. The Morgan fingerprint density at radius 1 is 1.03 bits per heavy atom.